The van der Waals surface area contributed by atoms with E-state index in [-0.39, 0.29) is 22.4 Å². The number of sulfonamides is 1. The Kier molecular flexibility index (Phi) is 5.64. The molecule has 158 valence electrons. The van der Waals surface area contributed by atoms with E-state index in [9.17, 15) is 13.2 Å². The van der Waals surface area contributed by atoms with Gasteiger partial charge in [0.1, 0.15) is 11.3 Å². The quantitative estimate of drug-likeness (QED) is 0.674. The van der Waals surface area contributed by atoms with Crippen molar-refractivity contribution in [1.29, 1.82) is 0 Å². The zero-order valence-corrected chi connectivity index (χ0v) is 17.7. The standard InChI is InChI=1S/C22H24N2O5S/c1-15-7-8-18(14-21(15)30(26,27)24-9-11-28-12-10-24)22(25)23-16(2)20-13-17-5-3-4-6-19(17)29-20/h3-8,13-14,16H,9-12H2,1-2H3,(H,23,25). The van der Waals surface area contributed by atoms with E-state index in [2.05, 4.69) is 5.32 Å². The van der Waals surface area contributed by atoms with E-state index in [1.165, 1.54) is 10.4 Å². The van der Waals surface area contributed by atoms with Gasteiger partial charge in [0, 0.05) is 24.0 Å². The van der Waals surface area contributed by atoms with Gasteiger partial charge in [-0.05, 0) is 43.7 Å². The second kappa shape index (κ2) is 8.22. The molecule has 7 nitrogen and oxygen atoms in total. The number of rotatable bonds is 5. The van der Waals surface area contributed by atoms with Crippen LogP contribution in [0.5, 0.6) is 0 Å². The lowest BCUT2D eigenvalue weighted by molar-refractivity contribution is 0.0730. The van der Waals surface area contributed by atoms with Gasteiger partial charge < -0.3 is 14.5 Å². The van der Waals surface area contributed by atoms with Crippen molar-refractivity contribution in [1.82, 2.24) is 9.62 Å². The Labute approximate surface area is 175 Å². The molecular weight excluding hydrogens is 404 g/mol. The predicted molar refractivity (Wildman–Crippen MR) is 113 cm³/mol. The van der Waals surface area contributed by atoms with Crippen molar-refractivity contribution in [2.24, 2.45) is 0 Å². The van der Waals surface area contributed by atoms with Crippen molar-refractivity contribution >= 4 is 26.9 Å². The fourth-order valence-electron chi connectivity index (χ4n) is 3.51. The van der Waals surface area contributed by atoms with Crippen molar-refractivity contribution in [3.8, 4) is 0 Å². The second-order valence-corrected chi connectivity index (χ2v) is 9.28. The molecule has 2 aromatic carbocycles. The molecule has 2 heterocycles. The zero-order valence-electron chi connectivity index (χ0n) is 16.9. The summed E-state index contributed by atoms with van der Waals surface area (Å²) in [4.78, 5) is 13.0. The van der Waals surface area contributed by atoms with Crippen molar-refractivity contribution in [2.75, 3.05) is 26.3 Å². The highest BCUT2D eigenvalue weighted by Gasteiger charge is 2.28. The first-order valence-corrected chi connectivity index (χ1v) is 11.3. The van der Waals surface area contributed by atoms with Gasteiger partial charge in [0.05, 0.1) is 24.2 Å². The molecule has 1 atom stereocenters. The summed E-state index contributed by atoms with van der Waals surface area (Å²) < 4.78 is 38.6. The SMILES string of the molecule is Cc1ccc(C(=O)NC(C)c2cc3ccccc3o2)cc1S(=O)(=O)N1CCOCC1. The summed E-state index contributed by atoms with van der Waals surface area (Å²) in [6.07, 6.45) is 0. The van der Waals surface area contributed by atoms with Gasteiger partial charge in [-0.15, -0.1) is 0 Å². The lowest BCUT2D eigenvalue weighted by atomic mass is 10.1. The first kappa shape index (κ1) is 20.6. The fraction of sp³-hybridized carbons (Fsp3) is 0.318. The molecule has 1 aromatic heterocycles. The summed E-state index contributed by atoms with van der Waals surface area (Å²) in [6.45, 7) is 4.91. The minimum atomic E-state index is -3.69. The Morgan fingerprint density at radius 1 is 1.10 bits per heavy atom. The van der Waals surface area contributed by atoms with E-state index >= 15 is 0 Å². The van der Waals surface area contributed by atoms with E-state index in [0.717, 1.165) is 11.0 Å². The number of benzene rings is 2. The lowest BCUT2D eigenvalue weighted by Gasteiger charge is -2.26. The minimum Gasteiger partial charge on any atom is -0.459 e. The zero-order chi connectivity index (χ0) is 21.3. The number of furan rings is 1. The molecule has 1 N–H and O–H groups in total. The summed E-state index contributed by atoms with van der Waals surface area (Å²) in [5, 5.41) is 3.85. The summed E-state index contributed by atoms with van der Waals surface area (Å²) in [6, 6.07) is 13.9. The van der Waals surface area contributed by atoms with Crippen LogP contribution in [0.2, 0.25) is 0 Å². The van der Waals surface area contributed by atoms with Crippen LogP contribution in [0.1, 0.15) is 34.6 Å². The first-order valence-electron chi connectivity index (χ1n) is 9.84. The van der Waals surface area contributed by atoms with E-state index in [0.29, 0.717) is 37.6 Å². The van der Waals surface area contributed by atoms with Gasteiger partial charge in [0.2, 0.25) is 10.0 Å². The number of ether oxygens (including phenoxy) is 1. The number of hydrogen-bond acceptors (Lipinski definition) is 5. The number of hydrogen-bond donors (Lipinski definition) is 1. The highest BCUT2D eigenvalue weighted by atomic mass is 32.2. The molecule has 0 bridgehead atoms. The Morgan fingerprint density at radius 3 is 2.57 bits per heavy atom. The lowest BCUT2D eigenvalue weighted by Crippen LogP contribution is -2.41. The maximum atomic E-state index is 13.0. The van der Waals surface area contributed by atoms with E-state index in [1.807, 2.05) is 37.3 Å². The van der Waals surface area contributed by atoms with Crippen molar-refractivity contribution in [2.45, 2.75) is 24.8 Å². The largest absolute Gasteiger partial charge is 0.459 e. The number of carbonyl (C=O) groups excluding carboxylic acids is 1. The van der Waals surface area contributed by atoms with Crippen LogP contribution in [0.3, 0.4) is 0 Å². The van der Waals surface area contributed by atoms with E-state index in [1.54, 1.807) is 19.1 Å². The molecule has 1 saturated heterocycles. The number of para-hydroxylation sites is 1. The fourth-order valence-corrected chi connectivity index (χ4v) is 5.17. The van der Waals surface area contributed by atoms with E-state index in [4.69, 9.17) is 9.15 Å². The molecule has 1 aliphatic heterocycles. The van der Waals surface area contributed by atoms with Crippen LogP contribution in [-0.2, 0) is 14.8 Å². The molecule has 8 heteroatoms. The summed E-state index contributed by atoms with van der Waals surface area (Å²) in [5.41, 5.74) is 1.64. The van der Waals surface area contributed by atoms with Crippen LogP contribution in [0.15, 0.2) is 57.8 Å². The number of fused-ring (bicyclic) bond motifs is 1. The molecule has 1 unspecified atom stereocenters. The van der Waals surface area contributed by atoms with Gasteiger partial charge in [-0.1, -0.05) is 24.3 Å². The third-order valence-electron chi connectivity index (χ3n) is 5.26. The van der Waals surface area contributed by atoms with Gasteiger partial charge in [-0.25, -0.2) is 8.42 Å². The van der Waals surface area contributed by atoms with Crippen LogP contribution in [-0.4, -0.2) is 44.9 Å². The minimum absolute atomic E-state index is 0.147. The molecule has 3 aromatic rings. The number of nitrogens with one attached hydrogen (secondary N) is 1. The summed E-state index contributed by atoms with van der Waals surface area (Å²) in [5.74, 6) is 0.277. The van der Waals surface area contributed by atoms with Gasteiger partial charge in [0.25, 0.3) is 5.91 Å². The molecule has 1 fully saturated rings. The van der Waals surface area contributed by atoms with Gasteiger partial charge in [-0.3, -0.25) is 4.79 Å². The highest BCUT2D eigenvalue weighted by Crippen LogP contribution is 2.25. The van der Waals surface area contributed by atoms with E-state index < -0.39 is 10.0 Å². The third-order valence-corrected chi connectivity index (χ3v) is 7.30. The van der Waals surface area contributed by atoms with Gasteiger partial charge >= 0.3 is 0 Å². The molecule has 0 radical (unpaired) electrons. The molecule has 1 amide bonds. The second-order valence-electron chi connectivity index (χ2n) is 7.38. The number of nitrogens with zero attached hydrogens (tertiary/aromatic N) is 1. The molecule has 0 spiro atoms. The topological polar surface area (TPSA) is 88.8 Å². The maximum absolute atomic E-state index is 13.0. The Bertz CT molecular complexity index is 1150. The Morgan fingerprint density at radius 2 is 1.83 bits per heavy atom. The Hall–Kier alpha value is -2.68. The average Bonchev–Trinajstić information content (AvgIpc) is 3.19. The smallest absolute Gasteiger partial charge is 0.251 e. The van der Waals surface area contributed by atoms with Crippen molar-refractivity contribution < 1.29 is 22.4 Å². The first-order chi connectivity index (χ1) is 14.4. The van der Waals surface area contributed by atoms with Crippen LogP contribution < -0.4 is 5.32 Å². The summed E-state index contributed by atoms with van der Waals surface area (Å²) >= 11 is 0. The van der Waals surface area contributed by atoms with Crippen LogP contribution >= 0.6 is 0 Å². The van der Waals surface area contributed by atoms with Crippen molar-refractivity contribution in [3.05, 3.63) is 65.4 Å². The third kappa shape index (κ3) is 3.98. The van der Waals surface area contributed by atoms with Crippen LogP contribution in [0.25, 0.3) is 11.0 Å². The summed E-state index contributed by atoms with van der Waals surface area (Å²) in [7, 11) is -3.69. The Balaban J connectivity index is 1.56. The number of amides is 1. The van der Waals surface area contributed by atoms with Gasteiger partial charge in [-0.2, -0.15) is 4.31 Å². The van der Waals surface area contributed by atoms with Gasteiger partial charge in [0.15, 0.2) is 0 Å². The number of morpholine rings is 1. The molecule has 0 saturated carbocycles. The monoisotopic (exact) mass is 428 g/mol. The molecule has 0 aliphatic carbocycles. The van der Waals surface area contributed by atoms with Crippen LogP contribution in [0, 0.1) is 6.92 Å². The number of carbonyl (C=O) groups is 1. The van der Waals surface area contributed by atoms with Crippen LogP contribution in [0.4, 0.5) is 0 Å². The molecule has 30 heavy (non-hydrogen) atoms. The molecular formula is C22H24N2O5S. The average molecular weight is 429 g/mol. The number of aryl methyl sites for hydroxylation is 1. The normalized spacial score (nSPS) is 16.5. The van der Waals surface area contributed by atoms with Crippen molar-refractivity contribution in [3.63, 3.8) is 0 Å². The maximum Gasteiger partial charge on any atom is 0.251 e. The predicted octanol–water partition coefficient (Wildman–Crippen LogP) is 3.25. The molecule has 1 aliphatic rings. The highest BCUT2D eigenvalue weighted by molar-refractivity contribution is 7.89. The molecule has 4 rings (SSSR count).